The lowest BCUT2D eigenvalue weighted by Crippen LogP contribution is -2.78. The van der Waals surface area contributed by atoms with Gasteiger partial charge in [0.15, 0.2) is 34.7 Å². The topological polar surface area (TPSA) is 181 Å². The molecule has 11 heteroatoms. The molecule has 204 valence electrons. The van der Waals surface area contributed by atoms with Crippen molar-refractivity contribution in [3.8, 4) is 5.75 Å². The Hall–Kier alpha value is -3.44. The molecule has 0 radical (unpaired) electrons. The predicted molar refractivity (Wildman–Crippen MR) is 131 cm³/mol. The minimum absolute atomic E-state index is 0.100. The molecule has 0 spiro atoms. The molecule has 2 saturated carbocycles. The van der Waals surface area contributed by atoms with E-state index in [0.717, 1.165) is 6.92 Å². The first-order chi connectivity index (χ1) is 17.6. The second-order valence-corrected chi connectivity index (χ2v) is 11.1. The number of hydrogen-bond acceptors (Lipinski definition) is 10. The Morgan fingerprint density at radius 2 is 1.71 bits per heavy atom. The zero-order chi connectivity index (χ0) is 28.6. The van der Waals surface area contributed by atoms with Crippen LogP contribution < -0.4 is 5.73 Å². The van der Waals surface area contributed by atoms with Crippen molar-refractivity contribution in [2.45, 2.75) is 57.3 Å². The van der Waals surface area contributed by atoms with Gasteiger partial charge >= 0.3 is 5.97 Å². The van der Waals surface area contributed by atoms with E-state index in [4.69, 9.17) is 10.5 Å². The van der Waals surface area contributed by atoms with Crippen molar-refractivity contribution in [1.82, 2.24) is 4.90 Å². The van der Waals surface area contributed by atoms with Crippen molar-refractivity contribution < 1.29 is 43.7 Å². The molecule has 3 aliphatic carbocycles. The summed E-state index contributed by atoms with van der Waals surface area (Å²) < 4.78 is 5.63. The molecule has 4 rings (SSSR count). The number of carbonyl (C=O) groups excluding carboxylic acids is 6. The molecule has 1 aromatic rings. The molecule has 0 bridgehead atoms. The second-order valence-electron chi connectivity index (χ2n) is 11.1. The SMILES string of the molecule is CC(=O)O[C@@H]1[C@@H]2C(C(=O)c3c(ccc(C(C)C)c3O)[C@H]2C)C(=O)[C@@]2(O)C(=O)C(C(N)=O)C(=O)[C@H](N(C)C)[C@@H]12. The van der Waals surface area contributed by atoms with Gasteiger partial charge in [0.05, 0.1) is 23.4 Å². The monoisotopic (exact) mass is 528 g/mol. The van der Waals surface area contributed by atoms with Gasteiger partial charge in [0.25, 0.3) is 0 Å². The number of hydrogen-bond donors (Lipinski definition) is 3. The average molecular weight is 529 g/mol. The lowest BCUT2D eigenvalue weighted by molar-refractivity contribution is -0.205. The van der Waals surface area contributed by atoms with Crippen LogP contribution in [0.15, 0.2) is 12.1 Å². The van der Waals surface area contributed by atoms with Crippen molar-refractivity contribution in [3.05, 3.63) is 28.8 Å². The summed E-state index contributed by atoms with van der Waals surface area (Å²) in [7, 11) is 2.91. The standard InChI is InChI=1S/C27H32N2O9/c1-9(2)12-7-8-13-10(3)14-16(21(32)15(13)20(12)31)24(34)27(37)18(23(14)38-11(4)30)19(29(5)6)22(33)17(25(27)35)26(28)36/h7-10,14,16-19,23,31,37H,1-6H3,(H2,28,36)/t10-,14+,16?,17?,18+,19-,23-,27-/m1/s1. The molecule has 1 aromatic carbocycles. The van der Waals surface area contributed by atoms with Gasteiger partial charge in [-0.05, 0) is 37.1 Å². The third kappa shape index (κ3) is 3.55. The van der Waals surface area contributed by atoms with Crippen LogP contribution in [0.3, 0.4) is 0 Å². The molecule has 2 fully saturated rings. The molecule has 0 aromatic heterocycles. The molecule has 4 N–H and O–H groups in total. The number of fused-ring (bicyclic) bond motifs is 3. The molecule has 8 atom stereocenters. The molecule has 11 nitrogen and oxygen atoms in total. The fourth-order valence-electron chi connectivity index (χ4n) is 6.78. The highest BCUT2D eigenvalue weighted by Gasteiger charge is 2.74. The molecule has 0 heterocycles. The quantitative estimate of drug-likeness (QED) is 0.358. The van der Waals surface area contributed by atoms with Crippen molar-refractivity contribution in [2.24, 2.45) is 29.4 Å². The Morgan fingerprint density at radius 3 is 2.21 bits per heavy atom. The van der Waals surface area contributed by atoms with E-state index in [9.17, 15) is 39.0 Å². The van der Waals surface area contributed by atoms with Gasteiger partial charge in [0.1, 0.15) is 11.9 Å². The maximum Gasteiger partial charge on any atom is 0.302 e. The smallest absolute Gasteiger partial charge is 0.302 e. The highest BCUT2D eigenvalue weighted by molar-refractivity contribution is 6.32. The number of benzene rings is 1. The number of amides is 1. The van der Waals surface area contributed by atoms with Crippen molar-refractivity contribution in [2.75, 3.05) is 14.1 Å². The van der Waals surface area contributed by atoms with Gasteiger partial charge in [0, 0.05) is 12.8 Å². The lowest BCUT2D eigenvalue weighted by atomic mass is 9.49. The maximum absolute atomic E-state index is 14.1. The molecular formula is C27H32N2O9. The number of primary amides is 1. The van der Waals surface area contributed by atoms with Gasteiger partial charge < -0.3 is 20.7 Å². The second kappa shape index (κ2) is 9.09. The molecule has 38 heavy (non-hydrogen) atoms. The summed E-state index contributed by atoms with van der Waals surface area (Å²) in [5.74, 6) is -14.2. The van der Waals surface area contributed by atoms with Crippen molar-refractivity contribution in [1.29, 1.82) is 0 Å². The third-order valence-electron chi connectivity index (χ3n) is 8.42. The molecule has 0 aliphatic heterocycles. The van der Waals surface area contributed by atoms with Gasteiger partial charge in [-0.1, -0.05) is 32.9 Å². The Kier molecular flexibility index (Phi) is 6.60. The van der Waals surface area contributed by atoms with Gasteiger partial charge in [-0.15, -0.1) is 0 Å². The summed E-state index contributed by atoms with van der Waals surface area (Å²) in [6.07, 6.45) is -1.44. The minimum Gasteiger partial charge on any atom is -0.507 e. The van der Waals surface area contributed by atoms with Gasteiger partial charge in [0.2, 0.25) is 5.91 Å². The number of aliphatic hydroxyl groups is 1. The first kappa shape index (κ1) is 27.6. The number of carbonyl (C=O) groups is 6. The number of aromatic hydroxyl groups is 1. The summed E-state index contributed by atoms with van der Waals surface area (Å²) in [5.41, 5.74) is 3.12. The molecule has 0 saturated heterocycles. The van der Waals surface area contributed by atoms with Crippen LogP contribution in [0.1, 0.15) is 61.0 Å². The highest BCUT2D eigenvalue weighted by atomic mass is 16.5. The first-order valence-corrected chi connectivity index (χ1v) is 12.5. The number of esters is 1. The summed E-state index contributed by atoms with van der Waals surface area (Å²) in [5, 5.41) is 22.9. The summed E-state index contributed by atoms with van der Waals surface area (Å²) in [4.78, 5) is 80.8. The summed E-state index contributed by atoms with van der Waals surface area (Å²) >= 11 is 0. The number of nitrogens with two attached hydrogens (primary N) is 1. The normalized spacial score (nSPS) is 34.6. The third-order valence-corrected chi connectivity index (χ3v) is 8.42. The van der Waals surface area contributed by atoms with Gasteiger partial charge in [-0.25, -0.2) is 0 Å². The number of ether oxygens (including phenoxy) is 1. The van der Waals surface area contributed by atoms with Crippen LogP contribution >= 0.6 is 0 Å². The lowest BCUT2D eigenvalue weighted by Gasteiger charge is -2.56. The minimum atomic E-state index is -3.03. The zero-order valence-electron chi connectivity index (χ0n) is 22.1. The van der Waals surface area contributed by atoms with Crippen LogP contribution in [0, 0.1) is 23.7 Å². The van der Waals surface area contributed by atoms with Crippen LogP contribution in [-0.2, 0) is 28.7 Å². The fourth-order valence-corrected chi connectivity index (χ4v) is 6.78. The summed E-state index contributed by atoms with van der Waals surface area (Å²) in [6, 6.07) is 1.94. The predicted octanol–water partition coefficient (Wildman–Crippen LogP) is 0.0930. The number of phenols is 1. The van der Waals surface area contributed by atoms with E-state index in [-0.39, 0.29) is 17.2 Å². The van der Waals surface area contributed by atoms with Crippen LogP contribution in [0.25, 0.3) is 0 Å². The largest absolute Gasteiger partial charge is 0.507 e. The van der Waals surface area contributed by atoms with E-state index in [2.05, 4.69) is 0 Å². The zero-order valence-corrected chi connectivity index (χ0v) is 22.1. The van der Waals surface area contributed by atoms with E-state index in [1.54, 1.807) is 19.1 Å². The number of ketones is 4. The van der Waals surface area contributed by atoms with Crippen LogP contribution in [0.4, 0.5) is 0 Å². The van der Waals surface area contributed by atoms with E-state index >= 15 is 0 Å². The van der Waals surface area contributed by atoms with Gasteiger partial charge in [-0.3, -0.25) is 33.7 Å². The Bertz CT molecular complexity index is 1290. The molecule has 2 unspecified atom stereocenters. The Balaban J connectivity index is 2.03. The van der Waals surface area contributed by atoms with Crippen molar-refractivity contribution in [3.63, 3.8) is 0 Å². The average Bonchev–Trinajstić information content (AvgIpc) is 2.80. The molecular weight excluding hydrogens is 496 g/mol. The van der Waals surface area contributed by atoms with Crippen LogP contribution in [0.5, 0.6) is 5.75 Å². The van der Waals surface area contributed by atoms with E-state index in [1.807, 2.05) is 13.8 Å². The van der Waals surface area contributed by atoms with E-state index in [0.29, 0.717) is 11.1 Å². The van der Waals surface area contributed by atoms with E-state index in [1.165, 1.54) is 19.0 Å². The molecule has 3 aliphatic rings. The summed E-state index contributed by atoms with van der Waals surface area (Å²) in [6.45, 7) is 6.42. The number of likely N-dealkylation sites (N-methyl/N-ethyl adjacent to an activating group) is 1. The Morgan fingerprint density at radius 1 is 1.11 bits per heavy atom. The van der Waals surface area contributed by atoms with Crippen molar-refractivity contribution >= 4 is 35.0 Å². The number of phenolic OH excluding ortho intramolecular Hbond substituents is 1. The van der Waals surface area contributed by atoms with E-state index < -0.39 is 82.3 Å². The number of nitrogens with zero attached hydrogens (tertiary/aromatic N) is 1. The van der Waals surface area contributed by atoms with Crippen LogP contribution in [-0.4, -0.2) is 82.0 Å². The van der Waals surface area contributed by atoms with Crippen LogP contribution in [0.2, 0.25) is 0 Å². The number of rotatable bonds is 4. The fraction of sp³-hybridized carbons (Fsp3) is 0.556. The number of Topliss-reactive ketones (excluding diaryl/α,β-unsaturated/α-hetero) is 4. The Labute approximate surface area is 219 Å². The first-order valence-electron chi connectivity index (χ1n) is 12.5. The molecule has 1 amide bonds. The highest BCUT2D eigenvalue weighted by Crippen LogP contribution is 2.55. The van der Waals surface area contributed by atoms with Gasteiger partial charge in [-0.2, -0.15) is 0 Å². The maximum atomic E-state index is 14.1.